The highest BCUT2D eigenvalue weighted by Crippen LogP contribution is 2.23. The summed E-state index contributed by atoms with van der Waals surface area (Å²) in [5.74, 6) is -2.33. The minimum atomic E-state index is -1.02. The van der Waals surface area contributed by atoms with E-state index in [1.165, 1.54) is 0 Å². The van der Waals surface area contributed by atoms with Gasteiger partial charge in [-0.3, -0.25) is 29.4 Å². The average molecular weight is 510 g/mol. The van der Waals surface area contributed by atoms with Crippen LogP contribution in [0.1, 0.15) is 24.0 Å². The number of nitrogens with one attached hydrogen (secondary N) is 4. The van der Waals surface area contributed by atoms with E-state index in [1.807, 2.05) is 19.1 Å². The van der Waals surface area contributed by atoms with Crippen LogP contribution in [0.5, 0.6) is 0 Å². The van der Waals surface area contributed by atoms with Crippen LogP contribution in [0.4, 0.5) is 16.2 Å². The number of rotatable bonds is 7. The molecule has 4 N–H and O–H groups in total. The summed E-state index contributed by atoms with van der Waals surface area (Å²) in [6.07, 6.45) is 1.81. The van der Waals surface area contributed by atoms with Crippen LogP contribution in [0.15, 0.2) is 54.2 Å². The van der Waals surface area contributed by atoms with Crippen LogP contribution in [-0.2, 0) is 25.6 Å². The van der Waals surface area contributed by atoms with Gasteiger partial charge in [-0.15, -0.1) is 0 Å². The normalized spacial score (nSPS) is 17.6. The van der Waals surface area contributed by atoms with E-state index in [0.29, 0.717) is 29.4 Å². The molecule has 1 fully saturated rings. The molecule has 1 atom stereocenters. The summed E-state index contributed by atoms with van der Waals surface area (Å²) < 4.78 is 0. The molecule has 0 radical (unpaired) electrons. The summed E-state index contributed by atoms with van der Waals surface area (Å²) in [6.45, 7) is 2.23. The number of hydrogen-bond donors (Lipinski definition) is 4. The lowest BCUT2D eigenvalue weighted by atomic mass is 10.0. The maximum Gasteiger partial charge on any atom is 0.319 e. The fraction of sp³-hybridized carbons (Fsp3) is 0.240. The summed E-state index contributed by atoms with van der Waals surface area (Å²) in [4.78, 5) is 61.8. The molecule has 2 aliphatic rings. The Labute approximate surface area is 212 Å². The third-order valence-electron chi connectivity index (χ3n) is 5.81. The summed E-state index contributed by atoms with van der Waals surface area (Å²) in [6, 6.07) is 11.1. The van der Waals surface area contributed by atoms with E-state index in [9.17, 15) is 24.0 Å². The molecule has 0 aliphatic carbocycles. The number of imide groups is 2. The third-order valence-corrected chi connectivity index (χ3v) is 6.22. The Kier molecular flexibility index (Phi) is 7.35. The third kappa shape index (κ3) is 5.72. The molecule has 2 aromatic rings. The number of amides is 6. The van der Waals surface area contributed by atoms with Gasteiger partial charge in [0.1, 0.15) is 11.7 Å². The maximum atomic E-state index is 12.8. The first-order chi connectivity index (χ1) is 17.2. The van der Waals surface area contributed by atoms with Crippen molar-refractivity contribution in [2.45, 2.75) is 32.2 Å². The number of hydrogen-bond acceptors (Lipinski definition) is 6. The minimum absolute atomic E-state index is 0.0381. The molecule has 0 bridgehead atoms. The van der Waals surface area contributed by atoms with Gasteiger partial charge in [-0.2, -0.15) is 0 Å². The van der Waals surface area contributed by atoms with Crippen LogP contribution in [-0.4, -0.2) is 47.1 Å². The van der Waals surface area contributed by atoms with Crippen LogP contribution < -0.4 is 21.3 Å². The predicted octanol–water partition coefficient (Wildman–Crippen LogP) is 2.48. The van der Waals surface area contributed by atoms with E-state index in [4.69, 9.17) is 11.6 Å². The molecule has 186 valence electrons. The summed E-state index contributed by atoms with van der Waals surface area (Å²) >= 11 is 6.08. The number of nitrogens with zero attached hydrogens (tertiary/aromatic N) is 1. The number of urea groups is 1. The van der Waals surface area contributed by atoms with Gasteiger partial charge in [-0.1, -0.05) is 29.8 Å². The minimum Gasteiger partial charge on any atom is -0.351 e. The van der Waals surface area contributed by atoms with E-state index in [1.54, 1.807) is 30.3 Å². The summed E-state index contributed by atoms with van der Waals surface area (Å²) in [7, 11) is 0. The molecule has 6 amide bonds. The zero-order valence-corrected chi connectivity index (χ0v) is 20.1. The van der Waals surface area contributed by atoms with Gasteiger partial charge in [0.25, 0.3) is 11.8 Å². The van der Waals surface area contributed by atoms with Crippen molar-refractivity contribution in [1.82, 2.24) is 15.5 Å². The molecule has 36 heavy (non-hydrogen) atoms. The topological polar surface area (TPSA) is 137 Å². The zero-order valence-electron chi connectivity index (χ0n) is 19.4. The first-order valence-corrected chi connectivity index (χ1v) is 11.7. The van der Waals surface area contributed by atoms with E-state index in [-0.39, 0.29) is 24.6 Å². The van der Waals surface area contributed by atoms with Gasteiger partial charge in [0.2, 0.25) is 11.8 Å². The van der Waals surface area contributed by atoms with Crippen molar-refractivity contribution in [1.29, 1.82) is 0 Å². The fourth-order valence-electron chi connectivity index (χ4n) is 3.92. The molecule has 0 saturated carbocycles. The molecule has 1 saturated heterocycles. The van der Waals surface area contributed by atoms with Crippen LogP contribution >= 0.6 is 11.6 Å². The highest BCUT2D eigenvalue weighted by molar-refractivity contribution is 6.31. The lowest BCUT2D eigenvalue weighted by Gasteiger charge is -2.28. The van der Waals surface area contributed by atoms with E-state index < -0.39 is 29.7 Å². The first kappa shape index (κ1) is 24.9. The van der Waals surface area contributed by atoms with Crippen molar-refractivity contribution in [3.05, 3.63) is 70.4 Å². The molecule has 11 heteroatoms. The standard InChI is InChI=1S/C25H24ClN5O5/c1-14-5-6-17(12-18(14)26)29-25(36)27-10-9-15-3-2-4-16(11-15)28-19-13-22(33)31(24(19)35)20-7-8-21(32)30-23(20)34/h2-6,11-13,20,28H,7-10H2,1H3,(H2,27,29,36)(H,30,32,34). The fourth-order valence-corrected chi connectivity index (χ4v) is 4.10. The molecule has 4 rings (SSSR count). The largest absolute Gasteiger partial charge is 0.351 e. The van der Waals surface area contributed by atoms with Crippen molar-refractivity contribution < 1.29 is 24.0 Å². The number of carbonyl (C=O) groups excluding carboxylic acids is 5. The van der Waals surface area contributed by atoms with Crippen molar-refractivity contribution in [3.8, 4) is 0 Å². The molecule has 0 aromatic heterocycles. The number of carbonyl (C=O) groups is 5. The van der Waals surface area contributed by atoms with E-state index in [2.05, 4.69) is 21.3 Å². The molecule has 10 nitrogen and oxygen atoms in total. The molecule has 2 heterocycles. The summed E-state index contributed by atoms with van der Waals surface area (Å²) in [5.41, 5.74) is 3.00. The molecule has 2 aliphatic heterocycles. The second kappa shape index (κ2) is 10.6. The Morgan fingerprint density at radius 3 is 2.67 bits per heavy atom. The quantitative estimate of drug-likeness (QED) is 0.423. The Morgan fingerprint density at radius 2 is 1.92 bits per heavy atom. The zero-order chi connectivity index (χ0) is 25.8. The van der Waals surface area contributed by atoms with Crippen LogP contribution in [0.25, 0.3) is 0 Å². The predicted molar refractivity (Wildman–Crippen MR) is 133 cm³/mol. The highest BCUT2D eigenvalue weighted by Gasteiger charge is 2.42. The first-order valence-electron chi connectivity index (χ1n) is 11.3. The van der Waals surface area contributed by atoms with Crippen molar-refractivity contribution in [2.24, 2.45) is 0 Å². The lowest BCUT2D eigenvalue weighted by molar-refractivity contribution is -0.149. The molecular weight excluding hydrogens is 486 g/mol. The number of benzene rings is 2. The molecular formula is C25H24ClN5O5. The number of aryl methyl sites for hydroxylation is 1. The number of halogens is 1. The van der Waals surface area contributed by atoms with Gasteiger partial charge in [-0.05, 0) is 55.2 Å². The summed E-state index contributed by atoms with van der Waals surface area (Å²) in [5, 5.41) is 11.2. The average Bonchev–Trinajstić information content (AvgIpc) is 3.09. The number of anilines is 2. The van der Waals surface area contributed by atoms with Gasteiger partial charge in [0, 0.05) is 35.4 Å². The Morgan fingerprint density at radius 1 is 1.11 bits per heavy atom. The van der Waals surface area contributed by atoms with Crippen LogP contribution in [0.3, 0.4) is 0 Å². The lowest BCUT2D eigenvalue weighted by Crippen LogP contribution is -2.54. The monoisotopic (exact) mass is 509 g/mol. The maximum absolute atomic E-state index is 12.8. The highest BCUT2D eigenvalue weighted by atomic mass is 35.5. The molecule has 0 spiro atoms. The van der Waals surface area contributed by atoms with Gasteiger partial charge in [0.15, 0.2) is 0 Å². The Hall–Kier alpha value is -4.18. The van der Waals surface area contributed by atoms with E-state index >= 15 is 0 Å². The second-order valence-electron chi connectivity index (χ2n) is 8.46. The second-order valence-corrected chi connectivity index (χ2v) is 8.87. The van der Waals surface area contributed by atoms with Gasteiger partial charge >= 0.3 is 6.03 Å². The van der Waals surface area contributed by atoms with E-state index in [0.717, 1.165) is 22.1 Å². The Balaban J connectivity index is 1.31. The molecule has 1 unspecified atom stereocenters. The Bertz CT molecular complexity index is 1290. The SMILES string of the molecule is Cc1ccc(NC(=O)NCCc2cccc(NC3=CC(=O)N(C4CCC(=O)NC4=O)C3=O)c2)cc1Cl. The van der Waals surface area contributed by atoms with Crippen molar-refractivity contribution in [3.63, 3.8) is 0 Å². The van der Waals surface area contributed by atoms with Crippen molar-refractivity contribution >= 4 is 52.6 Å². The van der Waals surface area contributed by atoms with Crippen molar-refractivity contribution in [2.75, 3.05) is 17.2 Å². The smallest absolute Gasteiger partial charge is 0.319 e. The number of piperidine rings is 1. The van der Waals surface area contributed by atoms with Gasteiger partial charge in [0.05, 0.1) is 0 Å². The van der Waals surface area contributed by atoms with Crippen LogP contribution in [0, 0.1) is 6.92 Å². The molecule has 2 aromatic carbocycles. The van der Waals surface area contributed by atoms with Crippen LogP contribution in [0.2, 0.25) is 5.02 Å². The van der Waals surface area contributed by atoms with Gasteiger partial charge in [-0.25, -0.2) is 4.79 Å². The van der Waals surface area contributed by atoms with Gasteiger partial charge < -0.3 is 16.0 Å².